The first-order valence-electron chi connectivity index (χ1n) is 5.96. The number of ether oxygens (including phenoxy) is 1. The van der Waals surface area contributed by atoms with E-state index in [0.29, 0.717) is 24.1 Å². The van der Waals surface area contributed by atoms with Gasteiger partial charge in [-0.05, 0) is 50.7 Å². The fraction of sp³-hybridized carbons (Fsp3) is 0.385. The van der Waals surface area contributed by atoms with E-state index in [-0.39, 0.29) is 12.3 Å². The maximum absolute atomic E-state index is 13.3. The minimum Gasteiger partial charge on any atom is -0.461 e. The Hall–Kier alpha value is -1.95. The predicted octanol–water partition coefficient (Wildman–Crippen LogP) is 1.33. The van der Waals surface area contributed by atoms with Crippen molar-refractivity contribution in [2.45, 2.75) is 13.3 Å². The van der Waals surface area contributed by atoms with Gasteiger partial charge >= 0.3 is 5.97 Å². The van der Waals surface area contributed by atoms with Crippen molar-refractivity contribution in [2.24, 2.45) is 5.16 Å². The van der Waals surface area contributed by atoms with Gasteiger partial charge in [-0.25, -0.2) is 9.18 Å². The molecule has 0 saturated carbocycles. The van der Waals surface area contributed by atoms with Crippen LogP contribution in [0.25, 0.3) is 0 Å². The molecule has 1 rings (SSSR count). The lowest BCUT2D eigenvalue weighted by atomic mass is 10.00. The van der Waals surface area contributed by atoms with E-state index in [2.05, 4.69) is 10.5 Å². The number of halogens is 1. The van der Waals surface area contributed by atoms with E-state index in [4.69, 9.17) is 9.94 Å². The molecular formula is C13H17FN2O3. The summed E-state index contributed by atoms with van der Waals surface area (Å²) in [6, 6.07) is 3.94. The number of likely N-dealkylation sites (N-methyl/N-ethyl adjacent to an activating group) is 1. The molecule has 0 saturated heterocycles. The molecule has 104 valence electrons. The van der Waals surface area contributed by atoms with Gasteiger partial charge in [0, 0.05) is 5.56 Å². The second kappa shape index (κ2) is 7.48. The number of carbonyl (C=O) groups is 1. The third kappa shape index (κ3) is 4.03. The topological polar surface area (TPSA) is 70.9 Å². The Balaban J connectivity index is 3.12. The summed E-state index contributed by atoms with van der Waals surface area (Å²) >= 11 is 0. The monoisotopic (exact) mass is 268 g/mol. The van der Waals surface area contributed by atoms with Gasteiger partial charge in [-0.1, -0.05) is 5.16 Å². The van der Waals surface area contributed by atoms with Crippen molar-refractivity contribution >= 4 is 11.7 Å². The van der Waals surface area contributed by atoms with Crippen molar-refractivity contribution in [1.29, 1.82) is 0 Å². The van der Waals surface area contributed by atoms with Gasteiger partial charge in [-0.2, -0.15) is 0 Å². The van der Waals surface area contributed by atoms with E-state index < -0.39 is 11.8 Å². The molecule has 0 spiro atoms. The van der Waals surface area contributed by atoms with E-state index in [1.165, 1.54) is 18.2 Å². The third-order valence-corrected chi connectivity index (χ3v) is 2.54. The highest BCUT2D eigenvalue weighted by atomic mass is 19.1. The Morgan fingerprint density at radius 3 is 2.84 bits per heavy atom. The van der Waals surface area contributed by atoms with Crippen LogP contribution in [0, 0.1) is 5.82 Å². The molecule has 0 aliphatic heterocycles. The molecule has 19 heavy (non-hydrogen) atoms. The summed E-state index contributed by atoms with van der Waals surface area (Å²) in [4.78, 5) is 11.7. The normalized spacial score (nSPS) is 11.4. The first-order chi connectivity index (χ1) is 9.13. The lowest BCUT2D eigenvalue weighted by molar-refractivity contribution is -0.135. The molecule has 0 aromatic heterocycles. The number of hydrogen-bond donors (Lipinski definition) is 2. The minimum absolute atomic E-state index is 0.172. The van der Waals surface area contributed by atoms with Crippen LogP contribution in [0.4, 0.5) is 4.39 Å². The summed E-state index contributed by atoms with van der Waals surface area (Å²) < 4.78 is 18.1. The molecule has 6 heteroatoms. The van der Waals surface area contributed by atoms with Crippen LogP contribution in [-0.4, -0.2) is 37.1 Å². The summed E-state index contributed by atoms with van der Waals surface area (Å²) in [7, 11) is 1.77. The first kappa shape index (κ1) is 15.1. The summed E-state index contributed by atoms with van der Waals surface area (Å²) in [6.45, 7) is 2.43. The Bertz CT molecular complexity index is 475. The van der Waals surface area contributed by atoms with Gasteiger partial charge in [-0.15, -0.1) is 0 Å². The molecule has 0 amide bonds. The van der Waals surface area contributed by atoms with Crippen LogP contribution in [0.2, 0.25) is 0 Å². The maximum Gasteiger partial charge on any atom is 0.361 e. The fourth-order valence-electron chi connectivity index (χ4n) is 1.66. The molecular weight excluding hydrogens is 251 g/mol. The van der Waals surface area contributed by atoms with E-state index in [1.807, 2.05) is 0 Å². The van der Waals surface area contributed by atoms with Crippen LogP contribution in [0.5, 0.6) is 0 Å². The van der Waals surface area contributed by atoms with E-state index in [1.54, 1.807) is 14.0 Å². The molecule has 0 bridgehead atoms. The highest BCUT2D eigenvalue weighted by Crippen LogP contribution is 2.14. The van der Waals surface area contributed by atoms with E-state index >= 15 is 0 Å². The molecule has 0 heterocycles. The second-order valence-electron chi connectivity index (χ2n) is 3.82. The Morgan fingerprint density at radius 2 is 2.26 bits per heavy atom. The SMILES string of the molecule is CCOC(=O)C(=NO)c1ccc(F)cc1CCNC. The number of nitrogens with zero attached hydrogens (tertiary/aromatic N) is 1. The lowest BCUT2D eigenvalue weighted by Gasteiger charge is -2.10. The fourth-order valence-corrected chi connectivity index (χ4v) is 1.66. The number of hydrogen-bond acceptors (Lipinski definition) is 5. The van der Waals surface area contributed by atoms with Crippen LogP contribution in [-0.2, 0) is 16.0 Å². The number of rotatable bonds is 6. The third-order valence-electron chi connectivity index (χ3n) is 2.54. The van der Waals surface area contributed by atoms with Crippen LogP contribution in [0.1, 0.15) is 18.1 Å². The molecule has 0 atom stereocenters. The standard InChI is InChI=1S/C13H17FN2O3/c1-3-19-13(17)12(16-18)11-5-4-10(14)8-9(11)6-7-15-2/h4-5,8,15,18H,3,6-7H2,1-2H3. The van der Waals surface area contributed by atoms with Gasteiger partial charge in [0.05, 0.1) is 6.61 Å². The zero-order chi connectivity index (χ0) is 14.3. The number of nitrogens with one attached hydrogen (secondary N) is 1. The molecule has 0 aliphatic rings. The number of esters is 1. The highest BCUT2D eigenvalue weighted by molar-refractivity contribution is 6.43. The number of oxime groups is 1. The lowest BCUT2D eigenvalue weighted by Crippen LogP contribution is -2.21. The second-order valence-corrected chi connectivity index (χ2v) is 3.82. The Morgan fingerprint density at radius 1 is 1.53 bits per heavy atom. The van der Waals surface area contributed by atoms with Gasteiger partial charge < -0.3 is 15.3 Å². The van der Waals surface area contributed by atoms with Crippen molar-refractivity contribution in [2.75, 3.05) is 20.2 Å². The zero-order valence-corrected chi connectivity index (χ0v) is 10.9. The quantitative estimate of drug-likeness (QED) is 0.353. The molecule has 0 fully saturated rings. The highest BCUT2D eigenvalue weighted by Gasteiger charge is 2.19. The number of benzene rings is 1. The van der Waals surface area contributed by atoms with Crippen molar-refractivity contribution < 1.29 is 19.1 Å². The van der Waals surface area contributed by atoms with E-state index in [9.17, 15) is 9.18 Å². The Kier molecular flexibility index (Phi) is 5.95. The van der Waals surface area contributed by atoms with Gasteiger partial charge in [0.1, 0.15) is 5.82 Å². The van der Waals surface area contributed by atoms with Crippen molar-refractivity contribution in [3.05, 3.63) is 35.1 Å². The number of carbonyl (C=O) groups excluding carboxylic acids is 1. The molecule has 1 aromatic rings. The summed E-state index contributed by atoms with van der Waals surface area (Å²) in [5.74, 6) is -1.14. The smallest absolute Gasteiger partial charge is 0.361 e. The molecule has 2 N–H and O–H groups in total. The van der Waals surface area contributed by atoms with Crippen LogP contribution in [0.15, 0.2) is 23.4 Å². The Labute approximate surface area is 111 Å². The average Bonchev–Trinajstić information content (AvgIpc) is 2.39. The first-order valence-corrected chi connectivity index (χ1v) is 5.96. The summed E-state index contributed by atoms with van der Waals surface area (Å²) in [5.41, 5.74) is 0.737. The summed E-state index contributed by atoms with van der Waals surface area (Å²) in [5, 5.41) is 14.9. The van der Waals surface area contributed by atoms with Gasteiger partial charge in [0.15, 0.2) is 5.71 Å². The molecule has 1 aromatic carbocycles. The predicted molar refractivity (Wildman–Crippen MR) is 69.0 cm³/mol. The van der Waals surface area contributed by atoms with Crippen LogP contribution in [0.3, 0.4) is 0 Å². The molecule has 0 radical (unpaired) electrons. The molecule has 0 aliphatic carbocycles. The van der Waals surface area contributed by atoms with Crippen molar-refractivity contribution in [3.8, 4) is 0 Å². The maximum atomic E-state index is 13.3. The van der Waals surface area contributed by atoms with Crippen molar-refractivity contribution in [3.63, 3.8) is 0 Å². The zero-order valence-electron chi connectivity index (χ0n) is 10.9. The molecule has 0 unspecified atom stereocenters. The summed E-state index contributed by atoms with van der Waals surface area (Å²) in [6.07, 6.45) is 0.502. The van der Waals surface area contributed by atoms with Crippen LogP contribution >= 0.6 is 0 Å². The molecule has 5 nitrogen and oxygen atoms in total. The van der Waals surface area contributed by atoms with E-state index in [0.717, 1.165) is 0 Å². The van der Waals surface area contributed by atoms with Gasteiger partial charge in [0.2, 0.25) is 0 Å². The van der Waals surface area contributed by atoms with Crippen LogP contribution < -0.4 is 5.32 Å². The average molecular weight is 268 g/mol. The van der Waals surface area contributed by atoms with Gasteiger partial charge in [-0.3, -0.25) is 0 Å². The van der Waals surface area contributed by atoms with Gasteiger partial charge in [0.25, 0.3) is 0 Å². The largest absolute Gasteiger partial charge is 0.461 e. The van der Waals surface area contributed by atoms with Crippen molar-refractivity contribution in [1.82, 2.24) is 5.32 Å². The minimum atomic E-state index is -0.734.